The third-order valence-electron chi connectivity index (χ3n) is 6.19. The van der Waals surface area contributed by atoms with Crippen LogP contribution in [0.5, 0.6) is 0 Å². The molecule has 0 saturated heterocycles. The Balaban J connectivity index is 1.91. The van der Waals surface area contributed by atoms with Crippen molar-refractivity contribution in [2.24, 2.45) is 0 Å². The largest absolute Gasteiger partial charge is 0.352 e. The Morgan fingerprint density at radius 2 is 1.47 bits per heavy atom. The summed E-state index contributed by atoms with van der Waals surface area (Å²) in [5, 5.41) is 3.04. The van der Waals surface area contributed by atoms with E-state index >= 15 is 0 Å². The Morgan fingerprint density at radius 3 is 2.00 bits per heavy atom. The third kappa shape index (κ3) is 7.04. The lowest BCUT2D eigenvalue weighted by atomic mass is 9.88. The van der Waals surface area contributed by atoms with E-state index in [1.807, 2.05) is 81.4 Å². The highest BCUT2D eigenvalue weighted by atomic mass is 79.9. The maximum absolute atomic E-state index is 13.8. The molecule has 2 atom stereocenters. The monoisotopic (exact) mass is 520 g/mol. The van der Waals surface area contributed by atoms with Crippen molar-refractivity contribution in [3.8, 4) is 0 Å². The molecule has 5 heteroatoms. The molecule has 0 aliphatic heterocycles. The van der Waals surface area contributed by atoms with Gasteiger partial charge in [0, 0.05) is 29.4 Å². The first-order chi connectivity index (χ1) is 16.4. The molecule has 1 N–H and O–H groups in total. The van der Waals surface area contributed by atoms with E-state index in [-0.39, 0.29) is 30.2 Å². The van der Waals surface area contributed by atoms with E-state index in [0.29, 0.717) is 6.54 Å². The SMILES string of the molecule is CC[C@H](C)NC(=O)[C@@H](C)N(Cc1cccc(Br)c1)C(=O)CC(c1ccccc1)c1ccccc1. The second-order valence-electron chi connectivity index (χ2n) is 8.72. The first-order valence-corrected chi connectivity index (χ1v) is 12.6. The summed E-state index contributed by atoms with van der Waals surface area (Å²) in [7, 11) is 0. The number of carbonyl (C=O) groups is 2. The van der Waals surface area contributed by atoms with Crippen molar-refractivity contribution in [1.82, 2.24) is 10.2 Å². The van der Waals surface area contributed by atoms with Crippen molar-refractivity contribution >= 4 is 27.7 Å². The van der Waals surface area contributed by atoms with Crippen molar-refractivity contribution in [1.29, 1.82) is 0 Å². The molecule has 0 aliphatic rings. The van der Waals surface area contributed by atoms with Gasteiger partial charge in [0.2, 0.25) is 11.8 Å². The van der Waals surface area contributed by atoms with Gasteiger partial charge in [-0.05, 0) is 49.1 Å². The van der Waals surface area contributed by atoms with E-state index in [4.69, 9.17) is 0 Å². The van der Waals surface area contributed by atoms with Crippen molar-refractivity contribution < 1.29 is 9.59 Å². The van der Waals surface area contributed by atoms with Gasteiger partial charge in [-0.25, -0.2) is 0 Å². The van der Waals surface area contributed by atoms with Crippen LogP contribution < -0.4 is 5.32 Å². The van der Waals surface area contributed by atoms with Gasteiger partial charge < -0.3 is 10.2 Å². The molecular weight excluding hydrogens is 488 g/mol. The molecule has 4 nitrogen and oxygen atoms in total. The fraction of sp³-hybridized carbons (Fsp3) is 0.310. The predicted molar refractivity (Wildman–Crippen MR) is 141 cm³/mol. The molecule has 3 rings (SSSR count). The summed E-state index contributed by atoms with van der Waals surface area (Å²) in [6, 6.07) is 27.5. The average molecular weight is 521 g/mol. The van der Waals surface area contributed by atoms with Crippen LogP contribution in [0.2, 0.25) is 0 Å². The highest BCUT2D eigenvalue weighted by Gasteiger charge is 2.29. The van der Waals surface area contributed by atoms with E-state index in [0.717, 1.165) is 27.6 Å². The van der Waals surface area contributed by atoms with Gasteiger partial charge in [0.1, 0.15) is 6.04 Å². The molecule has 0 bridgehead atoms. The lowest BCUT2D eigenvalue weighted by Gasteiger charge is -2.31. The number of hydrogen-bond donors (Lipinski definition) is 1. The van der Waals surface area contributed by atoms with E-state index < -0.39 is 6.04 Å². The second kappa shape index (κ2) is 12.5. The van der Waals surface area contributed by atoms with Gasteiger partial charge in [-0.3, -0.25) is 9.59 Å². The van der Waals surface area contributed by atoms with Crippen LogP contribution in [0.4, 0.5) is 0 Å². The zero-order valence-corrected chi connectivity index (χ0v) is 21.7. The Hall–Kier alpha value is -2.92. The van der Waals surface area contributed by atoms with Gasteiger partial charge in [-0.15, -0.1) is 0 Å². The van der Waals surface area contributed by atoms with Gasteiger partial charge in [-0.1, -0.05) is 95.7 Å². The number of amides is 2. The van der Waals surface area contributed by atoms with Crippen LogP contribution in [0, 0.1) is 0 Å². The van der Waals surface area contributed by atoms with E-state index in [1.54, 1.807) is 4.90 Å². The average Bonchev–Trinajstić information content (AvgIpc) is 2.86. The molecular formula is C29H33BrN2O2. The Bertz CT molecular complexity index is 1030. The van der Waals surface area contributed by atoms with Gasteiger partial charge in [0.05, 0.1) is 0 Å². The van der Waals surface area contributed by atoms with Crippen LogP contribution in [0.1, 0.15) is 56.2 Å². The number of halogens is 1. The highest BCUT2D eigenvalue weighted by molar-refractivity contribution is 9.10. The summed E-state index contributed by atoms with van der Waals surface area (Å²) in [6.07, 6.45) is 1.12. The number of nitrogens with one attached hydrogen (secondary N) is 1. The molecule has 0 radical (unpaired) electrons. The molecule has 3 aromatic rings. The molecule has 0 fully saturated rings. The highest BCUT2D eigenvalue weighted by Crippen LogP contribution is 2.29. The smallest absolute Gasteiger partial charge is 0.242 e. The summed E-state index contributed by atoms with van der Waals surface area (Å²) < 4.78 is 0.945. The number of benzene rings is 3. The van der Waals surface area contributed by atoms with Gasteiger partial charge in [-0.2, -0.15) is 0 Å². The van der Waals surface area contributed by atoms with Crippen LogP contribution in [-0.4, -0.2) is 28.8 Å². The minimum Gasteiger partial charge on any atom is -0.352 e. The summed E-state index contributed by atoms with van der Waals surface area (Å²) in [5.74, 6) is -0.275. The molecule has 2 amide bonds. The van der Waals surface area contributed by atoms with Crippen molar-refractivity contribution in [2.45, 2.75) is 58.2 Å². The van der Waals surface area contributed by atoms with Crippen molar-refractivity contribution in [3.63, 3.8) is 0 Å². The minimum atomic E-state index is -0.590. The maximum atomic E-state index is 13.8. The van der Waals surface area contributed by atoms with Gasteiger partial charge >= 0.3 is 0 Å². The standard InChI is InChI=1S/C29H33BrN2O2/c1-4-21(2)31-29(34)22(3)32(20-23-12-11-17-26(30)18-23)28(33)19-27(24-13-7-5-8-14-24)25-15-9-6-10-16-25/h5-18,21-22,27H,4,19-20H2,1-3H3,(H,31,34)/t21-,22+/m0/s1. The molecule has 0 unspecified atom stereocenters. The predicted octanol–water partition coefficient (Wildman–Crippen LogP) is 6.30. The van der Waals surface area contributed by atoms with Crippen LogP contribution in [0.15, 0.2) is 89.4 Å². The number of hydrogen-bond acceptors (Lipinski definition) is 2. The quantitative estimate of drug-likeness (QED) is 0.340. The van der Waals surface area contributed by atoms with Crippen molar-refractivity contribution in [3.05, 3.63) is 106 Å². The lowest BCUT2D eigenvalue weighted by molar-refractivity contribution is -0.141. The molecule has 0 aliphatic carbocycles. The van der Waals surface area contributed by atoms with Crippen LogP contribution in [0.3, 0.4) is 0 Å². The summed E-state index contributed by atoms with van der Waals surface area (Å²) >= 11 is 3.52. The fourth-order valence-electron chi connectivity index (χ4n) is 3.97. The summed E-state index contributed by atoms with van der Waals surface area (Å²) in [4.78, 5) is 28.6. The van der Waals surface area contributed by atoms with Crippen molar-refractivity contribution in [2.75, 3.05) is 0 Å². The third-order valence-corrected chi connectivity index (χ3v) is 6.69. The molecule has 0 aromatic heterocycles. The fourth-order valence-corrected chi connectivity index (χ4v) is 4.42. The lowest BCUT2D eigenvalue weighted by Crippen LogP contribution is -2.49. The van der Waals surface area contributed by atoms with Crippen LogP contribution in [0.25, 0.3) is 0 Å². The van der Waals surface area contributed by atoms with E-state index in [9.17, 15) is 9.59 Å². The Kier molecular flexibility index (Phi) is 9.46. The Labute approximate surface area is 211 Å². The number of carbonyl (C=O) groups excluding carboxylic acids is 2. The summed E-state index contributed by atoms with van der Waals surface area (Å²) in [6.45, 7) is 6.19. The number of nitrogens with zero attached hydrogens (tertiary/aromatic N) is 1. The normalized spacial score (nSPS) is 12.7. The first kappa shape index (κ1) is 25.7. The summed E-state index contributed by atoms with van der Waals surface area (Å²) in [5.41, 5.74) is 3.14. The molecule has 0 saturated carbocycles. The minimum absolute atomic E-state index is 0.0514. The molecule has 34 heavy (non-hydrogen) atoms. The zero-order valence-electron chi connectivity index (χ0n) is 20.1. The number of rotatable bonds is 10. The van der Waals surface area contributed by atoms with E-state index in [2.05, 4.69) is 45.5 Å². The topological polar surface area (TPSA) is 49.4 Å². The van der Waals surface area contributed by atoms with Gasteiger partial charge in [0.15, 0.2) is 0 Å². The zero-order chi connectivity index (χ0) is 24.5. The van der Waals surface area contributed by atoms with Crippen LogP contribution >= 0.6 is 15.9 Å². The van der Waals surface area contributed by atoms with Gasteiger partial charge in [0.25, 0.3) is 0 Å². The first-order valence-electron chi connectivity index (χ1n) is 11.8. The Morgan fingerprint density at radius 1 is 0.882 bits per heavy atom. The van der Waals surface area contributed by atoms with Crippen LogP contribution in [-0.2, 0) is 16.1 Å². The molecule has 0 heterocycles. The molecule has 3 aromatic carbocycles. The molecule has 178 valence electrons. The van der Waals surface area contributed by atoms with E-state index in [1.165, 1.54) is 0 Å². The molecule has 0 spiro atoms. The maximum Gasteiger partial charge on any atom is 0.242 e. The second-order valence-corrected chi connectivity index (χ2v) is 9.64.